The zero-order chi connectivity index (χ0) is 19.6. The van der Waals surface area contributed by atoms with Crippen LogP contribution < -0.4 is 0 Å². The molecule has 0 saturated carbocycles. The van der Waals surface area contributed by atoms with E-state index in [-0.39, 0.29) is 29.5 Å². The molecular weight excluding hydrogens is 410 g/mol. The predicted molar refractivity (Wildman–Crippen MR) is 105 cm³/mol. The monoisotopic (exact) mass is 429 g/mol. The molecule has 0 aromatic heterocycles. The molecule has 0 spiro atoms. The largest absolute Gasteiger partial charge is 0.457 e. The minimum Gasteiger partial charge on any atom is -0.457 e. The predicted octanol–water partition coefficient (Wildman–Crippen LogP) is 4.45. The highest BCUT2D eigenvalue weighted by Crippen LogP contribution is 2.25. The number of carbonyl (C=O) groups excluding carboxylic acids is 3. The van der Waals surface area contributed by atoms with Crippen molar-refractivity contribution >= 4 is 33.7 Å². The van der Waals surface area contributed by atoms with E-state index < -0.39 is 5.97 Å². The van der Waals surface area contributed by atoms with Gasteiger partial charge in [0.05, 0.1) is 16.7 Å². The molecule has 0 fully saturated rings. The van der Waals surface area contributed by atoms with Crippen LogP contribution in [0.15, 0.2) is 46.9 Å². The third-order valence-corrected chi connectivity index (χ3v) is 4.95. The zero-order valence-corrected chi connectivity index (χ0v) is 16.8. The fourth-order valence-corrected chi connectivity index (χ4v) is 3.09. The van der Waals surface area contributed by atoms with Gasteiger partial charge in [-0.05, 0) is 48.2 Å². The second-order valence-corrected chi connectivity index (χ2v) is 7.82. The Morgan fingerprint density at radius 2 is 1.70 bits per heavy atom. The number of carbonyl (C=O) groups is 3. The van der Waals surface area contributed by atoms with Crippen molar-refractivity contribution in [3.05, 3.63) is 69.2 Å². The molecule has 3 rings (SSSR count). The van der Waals surface area contributed by atoms with Crippen LogP contribution in [0, 0.1) is 5.92 Å². The number of benzene rings is 2. The third kappa shape index (κ3) is 4.27. The average molecular weight is 430 g/mol. The van der Waals surface area contributed by atoms with Crippen LogP contribution in [-0.4, -0.2) is 29.2 Å². The molecule has 0 bridgehead atoms. The highest BCUT2D eigenvalue weighted by Gasteiger charge is 2.35. The van der Waals surface area contributed by atoms with Crippen molar-refractivity contribution in [1.82, 2.24) is 4.90 Å². The Morgan fingerprint density at radius 1 is 1.04 bits per heavy atom. The van der Waals surface area contributed by atoms with Crippen molar-refractivity contribution in [1.29, 1.82) is 0 Å². The quantitative estimate of drug-likeness (QED) is 0.502. The maximum atomic E-state index is 12.6. The summed E-state index contributed by atoms with van der Waals surface area (Å²) in [5.74, 6) is -0.788. The summed E-state index contributed by atoms with van der Waals surface area (Å²) in [6, 6.07) is 12.0. The number of hydrogen-bond donors (Lipinski definition) is 0. The Morgan fingerprint density at radius 3 is 2.37 bits per heavy atom. The first-order valence-electron chi connectivity index (χ1n) is 8.78. The molecule has 1 heterocycles. The van der Waals surface area contributed by atoms with Gasteiger partial charge < -0.3 is 4.74 Å². The number of fused-ring (bicyclic) bond motifs is 1. The van der Waals surface area contributed by atoms with Crippen LogP contribution in [0.3, 0.4) is 0 Å². The van der Waals surface area contributed by atoms with Gasteiger partial charge >= 0.3 is 5.97 Å². The first-order valence-corrected chi connectivity index (χ1v) is 9.58. The molecule has 2 aromatic carbocycles. The van der Waals surface area contributed by atoms with E-state index >= 15 is 0 Å². The summed E-state index contributed by atoms with van der Waals surface area (Å²) in [7, 11) is 0. The van der Waals surface area contributed by atoms with E-state index in [9.17, 15) is 14.4 Å². The van der Waals surface area contributed by atoms with E-state index in [0.29, 0.717) is 18.0 Å². The molecule has 0 N–H and O–H groups in total. The maximum absolute atomic E-state index is 12.6. The number of amides is 2. The van der Waals surface area contributed by atoms with Gasteiger partial charge in [0.2, 0.25) is 0 Å². The number of ether oxygens (including phenoxy) is 1. The van der Waals surface area contributed by atoms with E-state index in [0.717, 1.165) is 16.5 Å². The second-order valence-electron chi connectivity index (χ2n) is 6.91. The lowest BCUT2D eigenvalue weighted by molar-refractivity contribution is 0.0472. The number of rotatable bonds is 6. The first-order chi connectivity index (χ1) is 12.9. The third-order valence-electron chi connectivity index (χ3n) is 4.42. The summed E-state index contributed by atoms with van der Waals surface area (Å²) in [4.78, 5) is 38.6. The molecule has 0 unspecified atom stereocenters. The lowest BCUT2D eigenvalue weighted by Crippen LogP contribution is -2.31. The van der Waals surface area contributed by atoms with Gasteiger partial charge in [-0.2, -0.15) is 0 Å². The molecule has 140 valence electrons. The topological polar surface area (TPSA) is 63.7 Å². The fourth-order valence-electron chi connectivity index (χ4n) is 2.82. The van der Waals surface area contributed by atoms with Crippen LogP contribution in [0.1, 0.15) is 56.9 Å². The minimum atomic E-state index is -0.526. The van der Waals surface area contributed by atoms with Crippen LogP contribution in [-0.2, 0) is 11.3 Å². The minimum absolute atomic E-state index is 0.136. The summed E-state index contributed by atoms with van der Waals surface area (Å²) in [5, 5.41) is 0. The standard InChI is InChI=1S/C21H20BrNO4/c1-13(2)9-10-23-19(24)17-8-5-15(11-18(17)20(23)25)21(26)27-12-14-3-6-16(22)7-4-14/h3-8,11,13H,9-10,12H2,1-2H3. The smallest absolute Gasteiger partial charge is 0.338 e. The molecule has 27 heavy (non-hydrogen) atoms. The van der Waals surface area contributed by atoms with Crippen LogP contribution in [0.2, 0.25) is 0 Å². The Labute approximate surface area is 166 Å². The summed E-state index contributed by atoms with van der Waals surface area (Å²) in [6.07, 6.45) is 0.744. The van der Waals surface area contributed by atoms with E-state index in [1.165, 1.54) is 23.1 Å². The number of halogens is 1. The molecule has 0 radical (unpaired) electrons. The Balaban J connectivity index is 1.71. The van der Waals surface area contributed by atoms with Crippen LogP contribution >= 0.6 is 15.9 Å². The van der Waals surface area contributed by atoms with Crippen molar-refractivity contribution < 1.29 is 19.1 Å². The Kier molecular flexibility index (Phi) is 5.75. The van der Waals surface area contributed by atoms with Crippen LogP contribution in [0.25, 0.3) is 0 Å². The SMILES string of the molecule is CC(C)CCN1C(=O)c2ccc(C(=O)OCc3ccc(Br)cc3)cc2C1=O. The van der Waals surface area contributed by atoms with Gasteiger partial charge in [0, 0.05) is 11.0 Å². The van der Waals surface area contributed by atoms with E-state index in [4.69, 9.17) is 4.74 Å². The van der Waals surface area contributed by atoms with Gasteiger partial charge in [0.1, 0.15) is 6.61 Å². The number of imide groups is 1. The summed E-state index contributed by atoms with van der Waals surface area (Å²) < 4.78 is 6.26. The van der Waals surface area contributed by atoms with Gasteiger partial charge in [-0.3, -0.25) is 14.5 Å². The molecular formula is C21H20BrNO4. The number of esters is 1. The van der Waals surface area contributed by atoms with Crippen molar-refractivity contribution in [2.75, 3.05) is 6.54 Å². The summed E-state index contributed by atoms with van der Waals surface area (Å²) in [6.45, 7) is 4.60. The highest BCUT2D eigenvalue weighted by molar-refractivity contribution is 9.10. The van der Waals surface area contributed by atoms with Gasteiger partial charge in [-0.15, -0.1) is 0 Å². The van der Waals surface area contributed by atoms with Crippen molar-refractivity contribution in [3.8, 4) is 0 Å². The van der Waals surface area contributed by atoms with Crippen LogP contribution in [0.4, 0.5) is 0 Å². The Bertz CT molecular complexity index is 890. The number of hydrogen-bond acceptors (Lipinski definition) is 4. The van der Waals surface area contributed by atoms with E-state index in [1.807, 2.05) is 38.1 Å². The fraction of sp³-hybridized carbons (Fsp3) is 0.286. The van der Waals surface area contributed by atoms with Gasteiger partial charge in [0.15, 0.2) is 0 Å². The van der Waals surface area contributed by atoms with Crippen molar-refractivity contribution in [3.63, 3.8) is 0 Å². The van der Waals surface area contributed by atoms with E-state index in [1.54, 1.807) is 0 Å². The normalized spacial score (nSPS) is 13.3. The van der Waals surface area contributed by atoms with Crippen molar-refractivity contribution in [2.45, 2.75) is 26.9 Å². The van der Waals surface area contributed by atoms with Gasteiger partial charge in [-0.25, -0.2) is 4.79 Å². The first kappa shape index (κ1) is 19.3. The zero-order valence-electron chi connectivity index (χ0n) is 15.2. The van der Waals surface area contributed by atoms with Crippen molar-refractivity contribution in [2.24, 2.45) is 5.92 Å². The maximum Gasteiger partial charge on any atom is 0.338 e. The molecule has 0 atom stereocenters. The summed E-state index contributed by atoms with van der Waals surface area (Å²) >= 11 is 3.35. The molecule has 0 aliphatic carbocycles. The molecule has 1 aliphatic heterocycles. The van der Waals surface area contributed by atoms with Crippen LogP contribution in [0.5, 0.6) is 0 Å². The molecule has 5 nitrogen and oxygen atoms in total. The average Bonchev–Trinajstić information content (AvgIpc) is 2.89. The molecule has 1 aliphatic rings. The summed E-state index contributed by atoms with van der Waals surface area (Å²) in [5.41, 5.74) is 1.73. The number of nitrogens with zero attached hydrogens (tertiary/aromatic N) is 1. The lowest BCUT2D eigenvalue weighted by Gasteiger charge is -2.14. The molecule has 2 amide bonds. The van der Waals surface area contributed by atoms with Gasteiger partial charge in [0.25, 0.3) is 11.8 Å². The van der Waals surface area contributed by atoms with Gasteiger partial charge in [-0.1, -0.05) is 41.9 Å². The Hall–Kier alpha value is -2.47. The highest BCUT2D eigenvalue weighted by atomic mass is 79.9. The molecule has 6 heteroatoms. The lowest BCUT2D eigenvalue weighted by atomic mass is 10.1. The van der Waals surface area contributed by atoms with E-state index in [2.05, 4.69) is 15.9 Å². The molecule has 2 aromatic rings. The molecule has 0 saturated heterocycles. The second kappa shape index (κ2) is 8.05.